The fourth-order valence-corrected chi connectivity index (χ4v) is 5.60. The number of hydrogen-bond donors (Lipinski definition) is 1. The number of aliphatic hydroxyl groups is 1. The maximum atomic E-state index is 12.9. The zero-order valence-electron chi connectivity index (χ0n) is 16.6. The molecular weight excluding hydrogens is 362 g/mol. The quantitative estimate of drug-likeness (QED) is 0.582. The van der Waals surface area contributed by atoms with Gasteiger partial charge in [0, 0.05) is 32.4 Å². The summed E-state index contributed by atoms with van der Waals surface area (Å²) >= 11 is 0. The predicted octanol–water partition coefficient (Wildman–Crippen LogP) is 1.65. The van der Waals surface area contributed by atoms with Crippen molar-refractivity contribution in [3.8, 4) is 11.5 Å². The van der Waals surface area contributed by atoms with Crippen LogP contribution < -0.4 is 9.47 Å². The number of ketones is 1. The molecule has 4 atom stereocenters. The Balaban J connectivity index is 1.95. The van der Waals surface area contributed by atoms with Crippen molar-refractivity contribution in [1.82, 2.24) is 4.90 Å². The molecule has 1 N–H and O–H groups in total. The molecule has 1 saturated carbocycles. The van der Waals surface area contributed by atoms with Crippen LogP contribution in [-0.4, -0.2) is 52.0 Å². The molecule has 1 amide bonds. The number of ether oxygens (including phenoxy) is 2. The van der Waals surface area contributed by atoms with E-state index in [1.54, 1.807) is 11.0 Å². The third-order valence-corrected chi connectivity index (χ3v) is 6.84. The van der Waals surface area contributed by atoms with Crippen LogP contribution in [0.5, 0.6) is 11.5 Å². The molecule has 28 heavy (non-hydrogen) atoms. The van der Waals surface area contributed by atoms with Crippen molar-refractivity contribution < 1.29 is 29.0 Å². The van der Waals surface area contributed by atoms with E-state index in [-0.39, 0.29) is 30.3 Å². The molecule has 1 saturated heterocycles. The minimum Gasteiger partial charge on any atom is -0.477 e. The fourth-order valence-electron chi connectivity index (χ4n) is 5.60. The normalized spacial score (nSPS) is 33.5. The number of rotatable bonds is 1. The van der Waals surface area contributed by atoms with E-state index in [4.69, 9.17) is 9.47 Å². The van der Waals surface area contributed by atoms with Crippen molar-refractivity contribution in [3.63, 3.8) is 0 Å². The minimum atomic E-state index is -1.32. The van der Waals surface area contributed by atoms with Crippen LogP contribution in [0, 0.1) is 6.92 Å². The second-order valence-corrected chi connectivity index (χ2v) is 8.18. The highest BCUT2D eigenvalue weighted by molar-refractivity contribution is 5.90. The molecule has 7 heteroatoms. The van der Waals surface area contributed by atoms with E-state index in [9.17, 15) is 19.5 Å². The Morgan fingerprint density at radius 2 is 2.00 bits per heavy atom. The summed E-state index contributed by atoms with van der Waals surface area (Å²) in [7, 11) is 0. The molecule has 7 nitrogen and oxygen atoms in total. The molecule has 1 spiro atoms. The number of hydrogen-bond acceptors (Lipinski definition) is 6. The predicted molar refractivity (Wildman–Crippen MR) is 99.2 cm³/mol. The first-order valence-electron chi connectivity index (χ1n) is 9.65. The molecule has 0 radical (unpaired) electrons. The van der Waals surface area contributed by atoms with Crippen LogP contribution in [0.4, 0.5) is 0 Å². The molecule has 2 fully saturated rings. The molecule has 4 rings (SSSR count). The number of Topliss-reactive ketones (excluding diaryl/α,β-unsaturated/α-hetero) is 1. The molecule has 0 bridgehead atoms. The Hall–Kier alpha value is -2.41. The monoisotopic (exact) mass is 387 g/mol. The molecule has 150 valence electrons. The average molecular weight is 387 g/mol. The van der Waals surface area contributed by atoms with Gasteiger partial charge in [-0.05, 0) is 38.3 Å². The van der Waals surface area contributed by atoms with Crippen molar-refractivity contribution in [2.75, 3.05) is 6.54 Å². The number of carbonyl (C=O) groups excluding carboxylic acids is 3. The van der Waals surface area contributed by atoms with Crippen LogP contribution in [0.2, 0.25) is 0 Å². The topological polar surface area (TPSA) is 93.1 Å². The second kappa shape index (κ2) is 6.04. The highest BCUT2D eigenvalue weighted by Gasteiger charge is 2.70. The van der Waals surface area contributed by atoms with Gasteiger partial charge in [-0.15, -0.1) is 0 Å². The zero-order valence-corrected chi connectivity index (χ0v) is 16.6. The van der Waals surface area contributed by atoms with E-state index in [1.165, 1.54) is 13.8 Å². The van der Waals surface area contributed by atoms with Crippen LogP contribution in [0.3, 0.4) is 0 Å². The zero-order chi connectivity index (χ0) is 20.4. The Morgan fingerprint density at radius 1 is 1.29 bits per heavy atom. The van der Waals surface area contributed by atoms with Crippen molar-refractivity contribution >= 4 is 17.7 Å². The number of benzene rings is 1. The van der Waals surface area contributed by atoms with Crippen molar-refractivity contribution in [1.29, 1.82) is 0 Å². The van der Waals surface area contributed by atoms with Crippen LogP contribution >= 0.6 is 0 Å². The first-order chi connectivity index (χ1) is 13.1. The van der Waals surface area contributed by atoms with Crippen LogP contribution in [-0.2, 0) is 19.8 Å². The van der Waals surface area contributed by atoms with Crippen molar-refractivity contribution in [3.05, 3.63) is 23.3 Å². The van der Waals surface area contributed by atoms with Gasteiger partial charge in [-0.3, -0.25) is 14.4 Å². The third kappa shape index (κ3) is 2.22. The number of amides is 1. The molecule has 0 unspecified atom stereocenters. The summed E-state index contributed by atoms with van der Waals surface area (Å²) in [4.78, 5) is 38.2. The van der Waals surface area contributed by atoms with E-state index in [2.05, 4.69) is 0 Å². The molecule has 1 aliphatic carbocycles. The van der Waals surface area contributed by atoms with Crippen LogP contribution in [0.1, 0.15) is 51.2 Å². The first kappa shape index (κ1) is 18.9. The second-order valence-electron chi connectivity index (χ2n) is 8.18. The number of aryl methyl sites for hydroxylation is 1. The van der Waals surface area contributed by atoms with Gasteiger partial charge in [-0.25, -0.2) is 0 Å². The fraction of sp³-hybridized carbons (Fsp3) is 0.571. The summed E-state index contributed by atoms with van der Waals surface area (Å²) < 4.78 is 11.4. The van der Waals surface area contributed by atoms with Gasteiger partial charge in [-0.2, -0.15) is 0 Å². The molecule has 2 heterocycles. The first-order valence-corrected chi connectivity index (χ1v) is 9.65. The molecule has 0 aromatic heterocycles. The van der Waals surface area contributed by atoms with Gasteiger partial charge in [0.1, 0.15) is 0 Å². The average Bonchev–Trinajstić information content (AvgIpc) is 2.98. The Morgan fingerprint density at radius 3 is 2.64 bits per heavy atom. The lowest BCUT2D eigenvalue weighted by Crippen LogP contribution is -2.74. The van der Waals surface area contributed by atoms with E-state index in [1.807, 2.05) is 19.9 Å². The Bertz CT molecular complexity index is 895. The van der Waals surface area contributed by atoms with E-state index in [0.29, 0.717) is 18.7 Å². The van der Waals surface area contributed by atoms with Gasteiger partial charge in [0.25, 0.3) is 0 Å². The van der Waals surface area contributed by atoms with Gasteiger partial charge in [0.05, 0.1) is 17.1 Å². The smallest absolute Gasteiger partial charge is 0.308 e. The lowest BCUT2D eigenvalue weighted by atomic mass is 9.52. The number of carbonyl (C=O) groups is 3. The maximum Gasteiger partial charge on any atom is 0.308 e. The number of esters is 1. The third-order valence-electron chi connectivity index (χ3n) is 6.84. The van der Waals surface area contributed by atoms with Crippen molar-refractivity contribution in [2.45, 2.75) is 70.1 Å². The van der Waals surface area contributed by atoms with Gasteiger partial charge in [0.15, 0.2) is 23.4 Å². The van der Waals surface area contributed by atoms with E-state index < -0.39 is 29.1 Å². The van der Waals surface area contributed by atoms with Crippen LogP contribution in [0.25, 0.3) is 0 Å². The number of piperidine rings is 1. The summed E-state index contributed by atoms with van der Waals surface area (Å²) in [6, 6.07) is 3.00. The number of likely N-dealkylation sites (tertiary alicyclic amines) is 1. The van der Waals surface area contributed by atoms with Gasteiger partial charge in [-0.1, -0.05) is 6.07 Å². The minimum absolute atomic E-state index is 0.0717. The SMILES string of the molecule is CC(=O)Oc1ccc(C)c2c1O[C@H]1C(=O)CC[C@@]3(O)[C@@H](C)N(C(C)=O)CC[C@]213. The molecule has 1 aromatic carbocycles. The summed E-state index contributed by atoms with van der Waals surface area (Å²) in [6.45, 7) is 6.95. The van der Waals surface area contributed by atoms with Gasteiger partial charge < -0.3 is 19.5 Å². The van der Waals surface area contributed by atoms with E-state index in [0.717, 1.165) is 11.1 Å². The van der Waals surface area contributed by atoms with E-state index >= 15 is 0 Å². The Labute approximate surface area is 163 Å². The summed E-state index contributed by atoms with van der Waals surface area (Å²) in [5.74, 6) is -0.0410. The molecule has 1 aromatic rings. The maximum absolute atomic E-state index is 12.9. The van der Waals surface area contributed by atoms with Gasteiger partial charge in [0.2, 0.25) is 5.91 Å². The summed E-state index contributed by atoms with van der Waals surface area (Å²) in [5.41, 5.74) is -0.698. The molecular formula is C21H25NO6. The number of fused-ring (bicyclic) bond motifs is 1. The highest BCUT2D eigenvalue weighted by Crippen LogP contribution is 2.62. The Kier molecular flexibility index (Phi) is 4.08. The number of nitrogens with zero attached hydrogens (tertiary/aromatic N) is 1. The van der Waals surface area contributed by atoms with Gasteiger partial charge >= 0.3 is 5.97 Å². The lowest BCUT2D eigenvalue weighted by molar-refractivity contribution is -0.185. The van der Waals surface area contributed by atoms with Crippen LogP contribution in [0.15, 0.2) is 12.1 Å². The standard InChI is InChI=1S/C21H25NO6/c1-11-5-6-16(27-14(4)24)18-17(11)20-9-10-22(13(3)23)12(2)21(20,26)8-7-15(25)19(20)28-18/h5-6,12,19,26H,7-10H2,1-4H3/t12-,19+,20+,21-/m1/s1. The highest BCUT2D eigenvalue weighted by atomic mass is 16.6. The summed E-state index contributed by atoms with van der Waals surface area (Å²) in [5, 5.41) is 12.0. The molecule has 3 aliphatic rings. The van der Waals surface area contributed by atoms with Crippen molar-refractivity contribution in [2.24, 2.45) is 0 Å². The summed E-state index contributed by atoms with van der Waals surface area (Å²) in [6.07, 6.45) is -0.0168. The molecule has 2 aliphatic heterocycles. The lowest BCUT2D eigenvalue weighted by Gasteiger charge is -2.59. The largest absolute Gasteiger partial charge is 0.477 e.